The second-order valence-corrected chi connectivity index (χ2v) is 13.2. The summed E-state index contributed by atoms with van der Waals surface area (Å²) < 4.78 is 6.75. The van der Waals surface area contributed by atoms with Crippen LogP contribution in [0.4, 0.5) is 0 Å². The van der Waals surface area contributed by atoms with Gasteiger partial charge < -0.3 is 4.74 Å². The number of rotatable bonds is 1. The molecule has 0 fully saturated rings. The van der Waals surface area contributed by atoms with Crippen molar-refractivity contribution in [3.05, 3.63) is 192 Å². The molecule has 2 aliphatic rings. The van der Waals surface area contributed by atoms with E-state index in [9.17, 15) is 0 Å². The Morgan fingerprint density at radius 2 is 0.896 bits per heavy atom. The Morgan fingerprint density at radius 3 is 1.69 bits per heavy atom. The summed E-state index contributed by atoms with van der Waals surface area (Å²) in [6, 6.07) is 62.4. The summed E-state index contributed by atoms with van der Waals surface area (Å²) in [4.78, 5) is 0. The SMILES string of the molecule is c1ccc2c(c1)Oc1ccc(-c3ccc4c5ccccc5c5ccccc5c4c3)cc1C21c2ccccc2-c2c1ccc1ccccc21. The number of hydrogen-bond acceptors (Lipinski definition) is 1. The quantitative estimate of drug-likeness (QED) is 0.168. The molecule has 1 heteroatoms. The molecule has 0 N–H and O–H groups in total. The minimum Gasteiger partial charge on any atom is -0.457 e. The van der Waals surface area contributed by atoms with E-state index >= 15 is 0 Å². The highest BCUT2D eigenvalue weighted by molar-refractivity contribution is 6.25. The molecular formula is C47H28O. The van der Waals surface area contributed by atoms with Crippen LogP contribution in [0.15, 0.2) is 170 Å². The maximum Gasteiger partial charge on any atom is 0.132 e. The standard InChI is InChI=1S/C47H28O/c1-2-12-32-29(11-1)22-25-42-46(32)38-17-7-8-18-40(38)47(42)41-19-9-10-20-44(41)48-45-26-23-31(28-43(45)47)30-21-24-37-35-15-4-3-13-33(35)34-14-5-6-16-36(34)39(37)27-30/h1-28H. The van der Waals surface area contributed by atoms with Gasteiger partial charge in [-0.2, -0.15) is 0 Å². The van der Waals surface area contributed by atoms with Gasteiger partial charge in [0.05, 0.1) is 5.41 Å². The summed E-state index contributed by atoms with van der Waals surface area (Å²) in [5.41, 5.74) is 9.47. The third kappa shape index (κ3) is 3.25. The molecule has 222 valence electrons. The van der Waals surface area contributed by atoms with Crippen LogP contribution in [0, 0.1) is 0 Å². The van der Waals surface area contributed by atoms with Crippen molar-refractivity contribution in [3.63, 3.8) is 0 Å². The van der Waals surface area contributed by atoms with E-state index in [2.05, 4.69) is 170 Å². The van der Waals surface area contributed by atoms with Crippen LogP contribution in [-0.2, 0) is 5.41 Å². The van der Waals surface area contributed by atoms with Crippen molar-refractivity contribution < 1.29 is 4.74 Å². The highest BCUT2D eigenvalue weighted by atomic mass is 16.5. The molecule has 0 bridgehead atoms. The second kappa shape index (κ2) is 9.44. The molecule has 0 saturated heterocycles. The van der Waals surface area contributed by atoms with Gasteiger partial charge in [0.2, 0.25) is 0 Å². The van der Waals surface area contributed by atoms with Crippen LogP contribution in [0.2, 0.25) is 0 Å². The monoisotopic (exact) mass is 608 g/mol. The fourth-order valence-corrected chi connectivity index (χ4v) is 8.94. The van der Waals surface area contributed by atoms with Crippen LogP contribution in [0.25, 0.3) is 65.3 Å². The first-order valence-electron chi connectivity index (χ1n) is 16.7. The number of benzene rings is 9. The lowest BCUT2D eigenvalue weighted by atomic mass is 9.65. The van der Waals surface area contributed by atoms with Crippen LogP contribution in [0.1, 0.15) is 22.3 Å². The fourth-order valence-electron chi connectivity index (χ4n) is 8.94. The Bertz CT molecular complexity index is 2790. The zero-order valence-electron chi connectivity index (χ0n) is 26.1. The fraction of sp³-hybridized carbons (Fsp3) is 0.0213. The van der Waals surface area contributed by atoms with Crippen LogP contribution in [-0.4, -0.2) is 0 Å². The molecular weight excluding hydrogens is 581 g/mol. The summed E-state index contributed by atoms with van der Waals surface area (Å²) in [6.45, 7) is 0. The van der Waals surface area contributed by atoms with Gasteiger partial charge >= 0.3 is 0 Å². The van der Waals surface area contributed by atoms with E-state index < -0.39 is 5.41 Å². The molecule has 1 spiro atoms. The van der Waals surface area contributed by atoms with E-state index in [0.717, 1.165) is 11.5 Å². The average molecular weight is 609 g/mol. The molecule has 9 aromatic rings. The van der Waals surface area contributed by atoms with Crippen molar-refractivity contribution in [2.24, 2.45) is 0 Å². The largest absolute Gasteiger partial charge is 0.457 e. The second-order valence-electron chi connectivity index (χ2n) is 13.2. The van der Waals surface area contributed by atoms with E-state index in [1.165, 1.54) is 87.6 Å². The molecule has 1 heterocycles. The van der Waals surface area contributed by atoms with Crippen LogP contribution >= 0.6 is 0 Å². The Morgan fingerprint density at radius 1 is 0.333 bits per heavy atom. The van der Waals surface area contributed by atoms with Gasteiger partial charge in [0.1, 0.15) is 11.5 Å². The van der Waals surface area contributed by atoms with Crippen molar-refractivity contribution >= 4 is 43.1 Å². The molecule has 0 amide bonds. The number of ether oxygens (including phenoxy) is 1. The number of para-hydroxylation sites is 1. The third-order valence-corrected chi connectivity index (χ3v) is 10.9. The smallest absolute Gasteiger partial charge is 0.132 e. The molecule has 0 radical (unpaired) electrons. The molecule has 1 aliphatic carbocycles. The van der Waals surface area contributed by atoms with Gasteiger partial charge in [-0.15, -0.1) is 0 Å². The highest BCUT2D eigenvalue weighted by Crippen LogP contribution is 2.63. The first kappa shape index (κ1) is 25.9. The summed E-state index contributed by atoms with van der Waals surface area (Å²) in [5.74, 6) is 1.82. The Balaban J connectivity index is 1.22. The molecule has 0 aromatic heterocycles. The molecule has 48 heavy (non-hydrogen) atoms. The lowest BCUT2D eigenvalue weighted by Crippen LogP contribution is -2.32. The molecule has 1 atom stereocenters. The minimum atomic E-state index is -0.518. The maximum atomic E-state index is 6.75. The zero-order valence-corrected chi connectivity index (χ0v) is 26.1. The first-order chi connectivity index (χ1) is 23.8. The summed E-state index contributed by atoms with van der Waals surface area (Å²) in [6.07, 6.45) is 0. The molecule has 1 aliphatic heterocycles. The average Bonchev–Trinajstić information content (AvgIpc) is 3.46. The van der Waals surface area contributed by atoms with E-state index in [1.54, 1.807) is 0 Å². The topological polar surface area (TPSA) is 9.23 Å². The number of fused-ring (bicyclic) bond motifs is 17. The van der Waals surface area contributed by atoms with E-state index in [0.29, 0.717) is 0 Å². The predicted molar refractivity (Wildman–Crippen MR) is 199 cm³/mol. The zero-order chi connectivity index (χ0) is 31.4. The van der Waals surface area contributed by atoms with Gasteiger partial charge in [0, 0.05) is 11.1 Å². The lowest BCUT2D eigenvalue weighted by molar-refractivity contribution is 0.436. The molecule has 0 saturated carbocycles. The third-order valence-electron chi connectivity index (χ3n) is 10.9. The van der Waals surface area contributed by atoms with Gasteiger partial charge in [-0.05, 0) is 101 Å². The van der Waals surface area contributed by atoms with Crippen LogP contribution < -0.4 is 4.74 Å². The summed E-state index contributed by atoms with van der Waals surface area (Å²) in [5, 5.41) is 10.3. The van der Waals surface area contributed by atoms with Crippen molar-refractivity contribution in [2.45, 2.75) is 5.41 Å². The van der Waals surface area contributed by atoms with Gasteiger partial charge in [-0.25, -0.2) is 0 Å². The first-order valence-corrected chi connectivity index (χ1v) is 16.7. The highest BCUT2D eigenvalue weighted by Gasteiger charge is 2.51. The van der Waals surface area contributed by atoms with Gasteiger partial charge in [-0.3, -0.25) is 0 Å². The van der Waals surface area contributed by atoms with Gasteiger partial charge in [-0.1, -0.05) is 146 Å². The number of hydrogen-bond donors (Lipinski definition) is 0. The van der Waals surface area contributed by atoms with Gasteiger partial charge in [0.25, 0.3) is 0 Å². The van der Waals surface area contributed by atoms with Crippen molar-refractivity contribution in [3.8, 4) is 33.8 Å². The molecule has 11 rings (SSSR count). The Hall–Kier alpha value is -6.18. The van der Waals surface area contributed by atoms with Crippen LogP contribution in [0.5, 0.6) is 11.5 Å². The molecule has 9 aromatic carbocycles. The normalized spacial score (nSPS) is 15.8. The van der Waals surface area contributed by atoms with E-state index in [1.807, 2.05) is 0 Å². The van der Waals surface area contributed by atoms with Crippen molar-refractivity contribution in [2.75, 3.05) is 0 Å². The molecule has 1 unspecified atom stereocenters. The van der Waals surface area contributed by atoms with E-state index in [-0.39, 0.29) is 0 Å². The molecule has 1 nitrogen and oxygen atoms in total. The maximum absolute atomic E-state index is 6.75. The summed E-state index contributed by atoms with van der Waals surface area (Å²) >= 11 is 0. The van der Waals surface area contributed by atoms with Crippen molar-refractivity contribution in [1.29, 1.82) is 0 Å². The van der Waals surface area contributed by atoms with Crippen LogP contribution in [0.3, 0.4) is 0 Å². The lowest BCUT2D eigenvalue weighted by Gasteiger charge is -2.39. The predicted octanol–water partition coefficient (Wildman–Crippen LogP) is 12.4. The summed E-state index contributed by atoms with van der Waals surface area (Å²) in [7, 11) is 0. The Labute approximate surface area is 278 Å². The van der Waals surface area contributed by atoms with Gasteiger partial charge in [0.15, 0.2) is 0 Å². The van der Waals surface area contributed by atoms with Crippen molar-refractivity contribution in [1.82, 2.24) is 0 Å². The van der Waals surface area contributed by atoms with E-state index in [4.69, 9.17) is 4.74 Å². The minimum absolute atomic E-state index is 0.518. The Kier molecular flexibility index (Phi) is 5.10.